The molecule has 3 rings (SSSR count). The molecule has 2 N–H and O–H groups in total. The SMILES string of the molecule is CN(C)CCCOc1c(F)cc(NC(=O)c2c[nH]c3cc(Cl)c(Cl)cc3c2=O)cc1F. The highest BCUT2D eigenvalue weighted by Crippen LogP contribution is 2.27. The van der Waals surface area contributed by atoms with Crippen LogP contribution in [0.15, 0.2) is 35.3 Å². The number of nitrogens with zero attached hydrogens (tertiary/aromatic N) is 1. The zero-order valence-corrected chi connectivity index (χ0v) is 18.2. The molecular formula is C21H19Cl2F2N3O3. The topological polar surface area (TPSA) is 74.4 Å². The van der Waals surface area contributed by atoms with Crippen LogP contribution in [0, 0.1) is 11.6 Å². The standard InChI is InChI=1S/C21H19Cl2F2N3O3/c1-28(2)4-3-5-31-20-16(24)6-11(7-17(20)25)27-21(30)13-10-26-18-9-15(23)14(22)8-12(18)19(13)29/h6-10H,3-5H2,1-2H3,(H,26,29)(H,27,30). The van der Waals surface area contributed by atoms with E-state index in [1.165, 1.54) is 18.3 Å². The van der Waals surface area contributed by atoms with Crippen molar-refractivity contribution in [2.45, 2.75) is 6.42 Å². The summed E-state index contributed by atoms with van der Waals surface area (Å²) in [4.78, 5) is 29.9. The van der Waals surface area contributed by atoms with Crippen molar-refractivity contribution in [2.24, 2.45) is 0 Å². The lowest BCUT2D eigenvalue weighted by molar-refractivity contribution is 0.102. The molecule has 164 valence electrons. The number of pyridine rings is 1. The van der Waals surface area contributed by atoms with Crippen LogP contribution in [0.1, 0.15) is 16.8 Å². The van der Waals surface area contributed by atoms with Gasteiger partial charge in [0.2, 0.25) is 5.43 Å². The molecule has 1 aromatic heterocycles. The summed E-state index contributed by atoms with van der Waals surface area (Å²) in [6.07, 6.45) is 1.78. The number of aromatic amines is 1. The molecule has 0 saturated heterocycles. The molecule has 0 atom stereocenters. The van der Waals surface area contributed by atoms with Crippen LogP contribution >= 0.6 is 23.2 Å². The number of rotatable bonds is 7. The average Bonchev–Trinajstić information content (AvgIpc) is 2.68. The first-order valence-electron chi connectivity index (χ1n) is 9.25. The van der Waals surface area contributed by atoms with E-state index in [2.05, 4.69) is 10.3 Å². The van der Waals surface area contributed by atoms with Crippen molar-refractivity contribution in [1.82, 2.24) is 9.88 Å². The minimum Gasteiger partial charge on any atom is -0.488 e. The van der Waals surface area contributed by atoms with E-state index in [0.29, 0.717) is 18.5 Å². The van der Waals surface area contributed by atoms with Gasteiger partial charge < -0.3 is 19.9 Å². The van der Waals surface area contributed by atoms with Crippen LogP contribution in [0.4, 0.5) is 14.5 Å². The van der Waals surface area contributed by atoms with Gasteiger partial charge in [0.05, 0.1) is 22.2 Å². The van der Waals surface area contributed by atoms with E-state index >= 15 is 0 Å². The zero-order valence-electron chi connectivity index (χ0n) is 16.7. The molecule has 10 heteroatoms. The lowest BCUT2D eigenvalue weighted by Crippen LogP contribution is -2.22. The van der Waals surface area contributed by atoms with E-state index in [1.54, 1.807) is 0 Å². The Morgan fingerprint density at radius 3 is 2.42 bits per heavy atom. The Morgan fingerprint density at radius 1 is 1.13 bits per heavy atom. The van der Waals surface area contributed by atoms with E-state index in [-0.39, 0.29) is 33.3 Å². The van der Waals surface area contributed by atoms with Crippen LogP contribution in [0.2, 0.25) is 10.0 Å². The molecule has 0 spiro atoms. The van der Waals surface area contributed by atoms with Gasteiger partial charge in [0, 0.05) is 35.9 Å². The number of halogens is 4. The predicted octanol–water partition coefficient (Wildman–Crippen LogP) is 4.70. The summed E-state index contributed by atoms with van der Waals surface area (Å²) >= 11 is 11.9. The second-order valence-corrected chi connectivity index (χ2v) is 7.89. The fourth-order valence-electron chi connectivity index (χ4n) is 2.91. The summed E-state index contributed by atoms with van der Waals surface area (Å²) < 4.78 is 33.8. The van der Waals surface area contributed by atoms with E-state index < -0.39 is 28.7 Å². The van der Waals surface area contributed by atoms with Crippen LogP contribution in [0.3, 0.4) is 0 Å². The average molecular weight is 470 g/mol. The molecule has 3 aromatic rings. The van der Waals surface area contributed by atoms with Crippen molar-refractivity contribution in [2.75, 3.05) is 32.6 Å². The molecule has 0 unspecified atom stereocenters. The molecule has 0 bridgehead atoms. The highest BCUT2D eigenvalue weighted by Gasteiger charge is 2.18. The lowest BCUT2D eigenvalue weighted by Gasteiger charge is -2.13. The van der Waals surface area contributed by atoms with E-state index in [1.807, 2.05) is 19.0 Å². The first kappa shape index (κ1) is 23.0. The monoisotopic (exact) mass is 469 g/mol. The van der Waals surface area contributed by atoms with Crippen molar-refractivity contribution in [3.63, 3.8) is 0 Å². The molecule has 1 amide bonds. The van der Waals surface area contributed by atoms with Crippen LogP contribution < -0.4 is 15.5 Å². The fourth-order valence-corrected chi connectivity index (χ4v) is 3.23. The van der Waals surface area contributed by atoms with Gasteiger partial charge in [-0.3, -0.25) is 9.59 Å². The quantitative estimate of drug-likeness (QED) is 0.492. The fraction of sp³-hybridized carbons (Fsp3) is 0.238. The normalized spacial score (nSPS) is 11.2. The van der Waals surface area contributed by atoms with Crippen molar-refractivity contribution in [3.8, 4) is 5.75 Å². The van der Waals surface area contributed by atoms with Crippen molar-refractivity contribution in [1.29, 1.82) is 0 Å². The molecule has 0 aliphatic carbocycles. The number of anilines is 1. The molecule has 0 saturated carbocycles. The maximum absolute atomic E-state index is 14.3. The highest BCUT2D eigenvalue weighted by molar-refractivity contribution is 6.42. The summed E-state index contributed by atoms with van der Waals surface area (Å²) in [6.45, 7) is 0.839. The van der Waals surface area contributed by atoms with Gasteiger partial charge in [0.25, 0.3) is 5.91 Å². The number of fused-ring (bicyclic) bond motifs is 1. The first-order valence-corrected chi connectivity index (χ1v) is 10.0. The number of benzene rings is 2. The lowest BCUT2D eigenvalue weighted by atomic mass is 10.1. The van der Waals surface area contributed by atoms with E-state index in [0.717, 1.165) is 12.1 Å². The van der Waals surface area contributed by atoms with E-state index in [4.69, 9.17) is 27.9 Å². The molecule has 6 nitrogen and oxygen atoms in total. The summed E-state index contributed by atoms with van der Waals surface area (Å²) in [5.74, 6) is -3.29. The summed E-state index contributed by atoms with van der Waals surface area (Å²) in [6, 6.07) is 4.66. The molecule has 0 fully saturated rings. The number of hydrogen-bond acceptors (Lipinski definition) is 4. The van der Waals surface area contributed by atoms with Gasteiger partial charge in [-0.2, -0.15) is 0 Å². The van der Waals surface area contributed by atoms with Crippen molar-refractivity contribution in [3.05, 3.63) is 67.9 Å². The molecule has 2 aromatic carbocycles. The number of aromatic nitrogens is 1. The second-order valence-electron chi connectivity index (χ2n) is 7.07. The predicted molar refractivity (Wildman–Crippen MR) is 118 cm³/mol. The van der Waals surface area contributed by atoms with Gasteiger partial charge in [0.1, 0.15) is 5.56 Å². The van der Waals surface area contributed by atoms with Gasteiger partial charge in [-0.25, -0.2) is 8.78 Å². The smallest absolute Gasteiger partial charge is 0.261 e. The van der Waals surface area contributed by atoms with Gasteiger partial charge in [-0.1, -0.05) is 23.2 Å². The molecular weight excluding hydrogens is 451 g/mol. The number of carbonyl (C=O) groups is 1. The van der Waals surface area contributed by atoms with Gasteiger partial charge >= 0.3 is 0 Å². The number of hydrogen-bond donors (Lipinski definition) is 2. The van der Waals surface area contributed by atoms with Crippen LogP contribution in [-0.4, -0.2) is 43.0 Å². The third-order valence-electron chi connectivity index (χ3n) is 4.42. The largest absolute Gasteiger partial charge is 0.488 e. The number of carbonyl (C=O) groups excluding carboxylic acids is 1. The zero-order chi connectivity index (χ0) is 22.7. The van der Waals surface area contributed by atoms with Crippen LogP contribution in [0.5, 0.6) is 5.75 Å². The molecule has 0 aliphatic rings. The third-order valence-corrected chi connectivity index (χ3v) is 5.14. The Hall–Kier alpha value is -2.68. The van der Waals surface area contributed by atoms with Gasteiger partial charge in [0.15, 0.2) is 17.4 Å². The molecule has 1 heterocycles. The Bertz CT molecular complexity index is 1180. The summed E-state index contributed by atoms with van der Waals surface area (Å²) in [7, 11) is 3.76. The minimum atomic E-state index is -0.964. The van der Waals surface area contributed by atoms with Crippen LogP contribution in [-0.2, 0) is 0 Å². The number of ether oxygens (including phenoxy) is 1. The maximum atomic E-state index is 14.3. The minimum absolute atomic E-state index is 0.136. The molecule has 0 radical (unpaired) electrons. The third kappa shape index (κ3) is 5.33. The Labute approximate surface area is 186 Å². The van der Waals surface area contributed by atoms with Crippen molar-refractivity contribution < 1.29 is 18.3 Å². The van der Waals surface area contributed by atoms with Crippen LogP contribution in [0.25, 0.3) is 10.9 Å². The summed E-state index contributed by atoms with van der Waals surface area (Å²) in [5, 5.41) is 2.88. The summed E-state index contributed by atoms with van der Waals surface area (Å²) in [5.41, 5.74) is -0.625. The van der Waals surface area contributed by atoms with Gasteiger partial charge in [-0.05, 0) is 32.6 Å². The number of nitrogens with one attached hydrogen (secondary N) is 2. The number of amides is 1. The Kier molecular flexibility index (Phi) is 7.15. The number of H-pyrrole nitrogens is 1. The second kappa shape index (κ2) is 9.64. The Morgan fingerprint density at radius 2 is 1.77 bits per heavy atom. The highest BCUT2D eigenvalue weighted by atomic mass is 35.5. The van der Waals surface area contributed by atoms with Crippen molar-refractivity contribution >= 4 is 45.7 Å². The van der Waals surface area contributed by atoms with E-state index in [9.17, 15) is 18.4 Å². The molecule has 0 aliphatic heterocycles. The van der Waals surface area contributed by atoms with Gasteiger partial charge in [-0.15, -0.1) is 0 Å². The molecule has 31 heavy (non-hydrogen) atoms. The maximum Gasteiger partial charge on any atom is 0.261 e. The Balaban J connectivity index is 1.80. The first-order chi connectivity index (χ1) is 14.7.